The smallest absolute Gasteiger partial charge is 0.191 e. The van der Waals surface area contributed by atoms with Crippen LogP contribution in [0.25, 0.3) is 11.4 Å². The third-order valence-electron chi connectivity index (χ3n) is 2.65. The summed E-state index contributed by atoms with van der Waals surface area (Å²) in [4.78, 5) is 0. The number of rotatable bonds is 6. The summed E-state index contributed by atoms with van der Waals surface area (Å²) in [7, 11) is 0. The van der Waals surface area contributed by atoms with Gasteiger partial charge in [0.15, 0.2) is 11.0 Å². The molecule has 0 radical (unpaired) electrons. The van der Waals surface area contributed by atoms with E-state index < -0.39 is 0 Å². The van der Waals surface area contributed by atoms with E-state index in [0.717, 1.165) is 35.3 Å². The van der Waals surface area contributed by atoms with Crippen molar-refractivity contribution >= 4 is 23.4 Å². The Kier molecular flexibility index (Phi) is 5.24. The van der Waals surface area contributed by atoms with Crippen molar-refractivity contribution in [1.82, 2.24) is 14.8 Å². The van der Waals surface area contributed by atoms with Crippen molar-refractivity contribution in [1.29, 1.82) is 0 Å². The van der Waals surface area contributed by atoms with Gasteiger partial charge in [0, 0.05) is 29.5 Å². The molecule has 0 spiro atoms. The average molecular weight is 298 g/mol. The third-order valence-corrected chi connectivity index (χ3v) is 3.94. The number of nitrogens with zero attached hydrogens (tertiary/aromatic N) is 3. The standard InChI is InChI=1S/C13H16ClN3OS/c1-2-17-12(10-5-3-6-11(14)9-10)15-16-13(17)19-8-4-7-18/h3,5-6,9,18H,2,4,7-8H2,1H3. The van der Waals surface area contributed by atoms with E-state index in [4.69, 9.17) is 16.7 Å². The predicted octanol–water partition coefficient (Wildman–Crippen LogP) is 3.09. The first-order valence-electron chi connectivity index (χ1n) is 6.19. The third kappa shape index (κ3) is 3.49. The molecule has 2 rings (SSSR count). The van der Waals surface area contributed by atoms with E-state index in [1.807, 2.05) is 24.3 Å². The van der Waals surface area contributed by atoms with Gasteiger partial charge in [-0.3, -0.25) is 0 Å². The molecule has 1 N–H and O–H groups in total. The molecular weight excluding hydrogens is 282 g/mol. The highest BCUT2D eigenvalue weighted by Crippen LogP contribution is 2.25. The monoisotopic (exact) mass is 297 g/mol. The van der Waals surface area contributed by atoms with Crippen LogP contribution in [-0.2, 0) is 6.54 Å². The van der Waals surface area contributed by atoms with Gasteiger partial charge in [0.1, 0.15) is 0 Å². The molecule has 0 aliphatic heterocycles. The largest absolute Gasteiger partial charge is 0.396 e. The van der Waals surface area contributed by atoms with Gasteiger partial charge >= 0.3 is 0 Å². The lowest BCUT2D eigenvalue weighted by molar-refractivity contribution is 0.296. The molecule has 4 nitrogen and oxygen atoms in total. The molecule has 0 fully saturated rings. The lowest BCUT2D eigenvalue weighted by Gasteiger charge is -2.07. The molecule has 0 aliphatic rings. The number of aliphatic hydroxyl groups excluding tert-OH is 1. The van der Waals surface area contributed by atoms with Crippen molar-refractivity contribution in [2.45, 2.75) is 25.0 Å². The van der Waals surface area contributed by atoms with Crippen molar-refractivity contribution in [3.63, 3.8) is 0 Å². The second-order valence-corrected chi connectivity index (χ2v) is 5.48. The first-order valence-corrected chi connectivity index (χ1v) is 7.55. The zero-order valence-electron chi connectivity index (χ0n) is 10.7. The summed E-state index contributed by atoms with van der Waals surface area (Å²) in [5, 5.41) is 18.9. The number of halogens is 1. The fourth-order valence-electron chi connectivity index (χ4n) is 1.75. The summed E-state index contributed by atoms with van der Waals surface area (Å²) in [6, 6.07) is 7.61. The molecule has 0 bridgehead atoms. The number of thioether (sulfide) groups is 1. The Bertz CT molecular complexity index is 544. The van der Waals surface area contributed by atoms with E-state index in [2.05, 4.69) is 21.7 Å². The molecule has 0 saturated heterocycles. The number of aliphatic hydroxyl groups is 1. The molecule has 1 aromatic carbocycles. The van der Waals surface area contributed by atoms with Crippen LogP contribution in [0.1, 0.15) is 13.3 Å². The summed E-state index contributed by atoms with van der Waals surface area (Å²) < 4.78 is 2.06. The molecule has 6 heteroatoms. The van der Waals surface area contributed by atoms with E-state index in [9.17, 15) is 0 Å². The SMILES string of the molecule is CCn1c(SCCCO)nnc1-c1cccc(Cl)c1. The van der Waals surface area contributed by atoms with Crippen molar-refractivity contribution < 1.29 is 5.11 Å². The van der Waals surface area contributed by atoms with Crippen molar-refractivity contribution in [2.24, 2.45) is 0 Å². The normalized spacial score (nSPS) is 10.9. The molecular formula is C13H16ClN3OS. The van der Waals surface area contributed by atoms with E-state index in [-0.39, 0.29) is 6.61 Å². The van der Waals surface area contributed by atoms with Gasteiger partial charge in [-0.2, -0.15) is 0 Å². The maximum absolute atomic E-state index is 8.81. The fourth-order valence-corrected chi connectivity index (χ4v) is 2.87. The van der Waals surface area contributed by atoms with Gasteiger partial charge < -0.3 is 9.67 Å². The minimum atomic E-state index is 0.203. The van der Waals surface area contributed by atoms with E-state index >= 15 is 0 Å². The summed E-state index contributed by atoms with van der Waals surface area (Å²) >= 11 is 7.62. The number of benzene rings is 1. The maximum Gasteiger partial charge on any atom is 0.191 e. The lowest BCUT2D eigenvalue weighted by Crippen LogP contribution is -2.00. The second-order valence-electron chi connectivity index (χ2n) is 3.99. The second kappa shape index (κ2) is 6.93. The Hall–Kier alpha value is -1.04. The topological polar surface area (TPSA) is 50.9 Å². The van der Waals surface area contributed by atoms with Gasteiger partial charge in [0.2, 0.25) is 0 Å². The predicted molar refractivity (Wildman–Crippen MR) is 78.6 cm³/mol. The summed E-state index contributed by atoms with van der Waals surface area (Å²) in [6.45, 7) is 3.07. The van der Waals surface area contributed by atoms with Crippen LogP contribution in [0, 0.1) is 0 Å². The average Bonchev–Trinajstić information content (AvgIpc) is 2.82. The summed E-state index contributed by atoms with van der Waals surface area (Å²) in [5.41, 5.74) is 0.968. The molecule has 0 atom stereocenters. The minimum Gasteiger partial charge on any atom is -0.396 e. The van der Waals surface area contributed by atoms with Crippen LogP contribution in [0.2, 0.25) is 5.02 Å². The highest BCUT2D eigenvalue weighted by Gasteiger charge is 2.12. The van der Waals surface area contributed by atoms with Crippen LogP contribution >= 0.6 is 23.4 Å². The zero-order chi connectivity index (χ0) is 13.7. The van der Waals surface area contributed by atoms with Crippen LogP contribution < -0.4 is 0 Å². The Morgan fingerprint density at radius 3 is 2.89 bits per heavy atom. The molecule has 0 aliphatic carbocycles. The van der Waals surface area contributed by atoms with Crippen LogP contribution in [0.4, 0.5) is 0 Å². The van der Waals surface area contributed by atoms with Gasteiger partial charge in [-0.1, -0.05) is 35.5 Å². The van der Waals surface area contributed by atoms with Crippen LogP contribution in [0.15, 0.2) is 29.4 Å². The van der Waals surface area contributed by atoms with Crippen LogP contribution in [0.5, 0.6) is 0 Å². The molecule has 1 aromatic heterocycles. The lowest BCUT2D eigenvalue weighted by atomic mass is 10.2. The molecule has 19 heavy (non-hydrogen) atoms. The number of hydrogen-bond acceptors (Lipinski definition) is 4. The minimum absolute atomic E-state index is 0.203. The van der Waals surface area contributed by atoms with Gasteiger partial charge in [0.05, 0.1) is 0 Å². The number of hydrogen-bond donors (Lipinski definition) is 1. The Morgan fingerprint density at radius 1 is 1.37 bits per heavy atom. The van der Waals surface area contributed by atoms with Gasteiger partial charge in [-0.25, -0.2) is 0 Å². The van der Waals surface area contributed by atoms with Crippen LogP contribution in [-0.4, -0.2) is 32.2 Å². The van der Waals surface area contributed by atoms with Gasteiger partial charge in [0.25, 0.3) is 0 Å². The molecule has 1 heterocycles. The van der Waals surface area contributed by atoms with Gasteiger partial charge in [-0.15, -0.1) is 10.2 Å². The molecule has 2 aromatic rings. The first-order chi connectivity index (χ1) is 9.26. The van der Waals surface area contributed by atoms with Gasteiger partial charge in [-0.05, 0) is 25.5 Å². The highest BCUT2D eigenvalue weighted by molar-refractivity contribution is 7.99. The van der Waals surface area contributed by atoms with Crippen molar-refractivity contribution in [3.8, 4) is 11.4 Å². The van der Waals surface area contributed by atoms with E-state index in [0.29, 0.717) is 5.02 Å². The molecule has 0 saturated carbocycles. The number of aromatic nitrogens is 3. The van der Waals surface area contributed by atoms with E-state index in [1.165, 1.54) is 0 Å². The first kappa shape index (κ1) is 14.4. The Labute approximate surface area is 121 Å². The zero-order valence-corrected chi connectivity index (χ0v) is 12.3. The fraction of sp³-hybridized carbons (Fsp3) is 0.385. The van der Waals surface area contributed by atoms with E-state index in [1.54, 1.807) is 11.8 Å². The Morgan fingerprint density at radius 2 is 2.21 bits per heavy atom. The highest BCUT2D eigenvalue weighted by atomic mass is 35.5. The van der Waals surface area contributed by atoms with Crippen molar-refractivity contribution in [3.05, 3.63) is 29.3 Å². The quantitative estimate of drug-likeness (QED) is 0.657. The Balaban J connectivity index is 2.26. The van der Waals surface area contributed by atoms with Crippen LogP contribution in [0.3, 0.4) is 0 Å². The summed E-state index contributed by atoms with van der Waals surface area (Å²) in [5.74, 6) is 1.67. The molecule has 0 amide bonds. The summed E-state index contributed by atoms with van der Waals surface area (Å²) in [6.07, 6.45) is 0.758. The molecule has 102 valence electrons. The van der Waals surface area contributed by atoms with Crippen molar-refractivity contribution in [2.75, 3.05) is 12.4 Å². The molecule has 0 unspecified atom stereocenters. The maximum atomic E-state index is 8.81.